The van der Waals surface area contributed by atoms with Crippen molar-refractivity contribution in [2.24, 2.45) is 0 Å². The van der Waals surface area contributed by atoms with Gasteiger partial charge in [-0.2, -0.15) is 8.42 Å². The molecule has 2 N–H and O–H groups in total. The molecule has 0 saturated heterocycles. The molecule has 0 saturated carbocycles. The van der Waals surface area contributed by atoms with E-state index in [1.165, 1.54) is 0 Å². The van der Waals surface area contributed by atoms with Crippen LogP contribution in [-0.2, 0) is 10.4 Å². The summed E-state index contributed by atoms with van der Waals surface area (Å²) in [5.74, 6) is 0. The molecule has 0 aliphatic rings. The molecule has 0 amide bonds. The van der Waals surface area contributed by atoms with Crippen LogP contribution in [0.5, 0.6) is 0 Å². The van der Waals surface area contributed by atoms with Gasteiger partial charge in [-0.1, -0.05) is 0 Å². The van der Waals surface area contributed by atoms with Gasteiger partial charge >= 0.3 is 48.8 Å². The van der Waals surface area contributed by atoms with Gasteiger partial charge in [-0.25, -0.2) is 0 Å². The quantitative estimate of drug-likeness (QED) is 0.473. The molecule has 0 heterocycles. The van der Waals surface area contributed by atoms with Crippen molar-refractivity contribution in [2.75, 3.05) is 0 Å². The van der Waals surface area contributed by atoms with Crippen LogP contribution in [0.3, 0.4) is 0 Å². The SMILES string of the molecule is O=S(=O)(O)O.[Cl][Pb][Cl]. The van der Waals surface area contributed by atoms with Gasteiger partial charge in [0.25, 0.3) is 0 Å². The molecule has 2 radical (unpaired) electrons. The Morgan fingerprint density at radius 2 is 1.25 bits per heavy atom. The van der Waals surface area contributed by atoms with Gasteiger partial charge < -0.3 is 0 Å². The molecule has 0 aliphatic carbocycles. The zero-order valence-electron chi connectivity index (χ0n) is 3.38. The van der Waals surface area contributed by atoms with Gasteiger partial charge in [-0.05, 0) is 0 Å². The van der Waals surface area contributed by atoms with Gasteiger partial charge in [0, 0.05) is 0 Å². The molecule has 8 heavy (non-hydrogen) atoms. The third-order valence-electron chi connectivity index (χ3n) is 0. The van der Waals surface area contributed by atoms with Crippen molar-refractivity contribution in [2.45, 2.75) is 0 Å². The zero-order valence-corrected chi connectivity index (χ0v) is 9.59. The second-order valence-corrected chi connectivity index (χ2v) is 6.98. The first-order valence-corrected chi connectivity index (χ1v) is 12.0. The summed E-state index contributed by atoms with van der Waals surface area (Å²) in [6.45, 7) is 0. The van der Waals surface area contributed by atoms with Crippen molar-refractivity contribution in [1.82, 2.24) is 0 Å². The number of halogens is 2. The summed E-state index contributed by atoms with van der Waals surface area (Å²) in [5, 5.41) is 0. The van der Waals surface area contributed by atoms with Crippen LogP contribution < -0.4 is 0 Å². The van der Waals surface area contributed by atoms with E-state index >= 15 is 0 Å². The average Bonchev–Trinajstić information content (AvgIpc) is 1.27. The summed E-state index contributed by atoms with van der Waals surface area (Å²) in [6.07, 6.45) is 0. The van der Waals surface area contributed by atoms with E-state index in [4.69, 9.17) is 34.2 Å². The summed E-state index contributed by atoms with van der Waals surface area (Å²) in [5.41, 5.74) is 0. The Morgan fingerprint density at radius 3 is 1.25 bits per heavy atom. The molecule has 0 fully saturated rings. The molecule has 8 heteroatoms. The second kappa shape index (κ2) is 6.49. The summed E-state index contributed by atoms with van der Waals surface area (Å²) in [4.78, 5) is 0. The fourth-order valence-corrected chi connectivity index (χ4v) is 0. The monoisotopic (exact) mass is 376 g/mol. The van der Waals surface area contributed by atoms with Gasteiger partial charge in [0.2, 0.25) is 0 Å². The van der Waals surface area contributed by atoms with Gasteiger partial charge in [0.05, 0.1) is 0 Å². The molecule has 0 aromatic carbocycles. The Balaban J connectivity index is 0. The predicted octanol–water partition coefficient (Wildman–Crippen LogP) is 0.345. The number of hydrogen-bond acceptors (Lipinski definition) is 2. The second-order valence-electron chi connectivity index (χ2n) is 0.519. The van der Waals surface area contributed by atoms with Crippen molar-refractivity contribution < 1.29 is 17.5 Å². The van der Waals surface area contributed by atoms with Crippen LogP contribution in [-0.4, -0.2) is 39.3 Å². The van der Waals surface area contributed by atoms with E-state index in [1.54, 1.807) is 0 Å². The molecule has 0 aliphatic heterocycles. The van der Waals surface area contributed by atoms with Crippen LogP contribution in [0.4, 0.5) is 0 Å². The standard InChI is InChI=1S/2ClH.H2O4S.Pb/c;;1-5(2,3)4;/h2*1H;(H2,1,2,3,4);/q;;;+2/p-2. The molecule has 0 unspecified atom stereocenters. The van der Waals surface area contributed by atoms with Crippen LogP contribution in [0, 0.1) is 0 Å². The Bertz CT molecular complexity index is 108. The van der Waals surface area contributed by atoms with E-state index in [1.807, 2.05) is 0 Å². The normalized spacial score (nSPS) is 9.50. The topological polar surface area (TPSA) is 74.6 Å². The first-order chi connectivity index (χ1) is 3.41. The molecule has 0 aromatic heterocycles. The van der Waals surface area contributed by atoms with E-state index in [0.29, 0.717) is 0 Å². The Morgan fingerprint density at radius 1 is 1.25 bits per heavy atom. The fraction of sp³-hybridized carbons (Fsp3) is 0. The summed E-state index contributed by atoms with van der Waals surface area (Å²) < 4.78 is 31.6. The maximum absolute atomic E-state index is 8.74. The molecule has 0 spiro atoms. The zero-order chi connectivity index (χ0) is 7.21. The van der Waals surface area contributed by atoms with Crippen molar-refractivity contribution in [3.8, 4) is 0 Å². The molecule has 0 atom stereocenters. The van der Waals surface area contributed by atoms with Crippen molar-refractivity contribution in [1.29, 1.82) is 0 Å². The van der Waals surface area contributed by atoms with E-state index in [0.717, 1.165) is 0 Å². The summed E-state index contributed by atoms with van der Waals surface area (Å²) in [7, 11) is 5.25. The first-order valence-electron chi connectivity index (χ1n) is 1.08. The molecule has 0 bridgehead atoms. The summed E-state index contributed by atoms with van der Waals surface area (Å²) in [6, 6.07) is 0. The van der Waals surface area contributed by atoms with Crippen LogP contribution in [0.15, 0.2) is 0 Å². The van der Waals surface area contributed by atoms with Gasteiger partial charge in [0.1, 0.15) is 0 Å². The number of hydrogen-bond donors (Lipinski definition) is 2. The van der Waals surface area contributed by atoms with Crippen LogP contribution in [0.2, 0.25) is 0 Å². The Labute approximate surface area is 65.9 Å². The molecule has 0 aromatic rings. The van der Waals surface area contributed by atoms with Crippen LogP contribution >= 0.6 is 16.6 Å². The van der Waals surface area contributed by atoms with E-state index in [9.17, 15) is 0 Å². The van der Waals surface area contributed by atoms with Gasteiger partial charge in [0.15, 0.2) is 0 Å². The average molecular weight is 376 g/mol. The fourth-order valence-electron chi connectivity index (χ4n) is 0. The van der Waals surface area contributed by atoms with Crippen molar-refractivity contribution in [3.63, 3.8) is 0 Å². The maximum atomic E-state index is 8.74. The molecular formula is H2Cl2O4PbS. The minimum absolute atomic E-state index is 0.972. The predicted molar refractivity (Wildman–Crippen MR) is 31.6 cm³/mol. The third-order valence-corrected chi connectivity index (χ3v) is 0. The van der Waals surface area contributed by atoms with Gasteiger partial charge in [-0.3, -0.25) is 9.11 Å². The minimum atomic E-state index is -4.67. The van der Waals surface area contributed by atoms with Crippen LogP contribution in [0.25, 0.3) is 0 Å². The Hall–Kier alpha value is 1.37. The van der Waals surface area contributed by atoms with Gasteiger partial charge in [-0.15, -0.1) is 0 Å². The first kappa shape index (κ1) is 12.1. The van der Waals surface area contributed by atoms with E-state index in [2.05, 4.69) is 0 Å². The number of rotatable bonds is 0. The molecule has 4 nitrogen and oxygen atoms in total. The van der Waals surface area contributed by atoms with E-state index < -0.39 is 32.2 Å². The van der Waals surface area contributed by atoms with Crippen molar-refractivity contribution in [3.05, 3.63) is 0 Å². The molecule has 0 rings (SSSR count). The van der Waals surface area contributed by atoms with Crippen molar-refractivity contribution >= 4 is 48.8 Å². The van der Waals surface area contributed by atoms with Crippen LogP contribution in [0.1, 0.15) is 0 Å². The third kappa shape index (κ3) is 159. The molecular weight excluding hydrogens is 374 g/mol. The van der Waals surface area contributed by atoms with E-state index in [-0.39, 0.29) is 0 Å². The summed E-state index contributed by atoms with van der Waals surface area (Å²) >= 11 is -0.972. The molecule has 50 valence electrons. The Kier molecular flexibility index (Phi) is 9.81.